The molecule has 0 heterocycles. The highest BCUT2D eigenvalue weighted by Crippen LogP contribution is 2.35. The fourth-order valence-corrected chi connectivity index (χ4v) is 1.41. The summed E-state index contributed by atoms with van der Waals surface area (Å²) in [5.74, 6) is -0.841. The van der Waals surface area contributed by atoms with Crippen molar-refractivity contribution in [1.82, 2.24) is 0 Å². The van der Waals surface area contributed by atoms with Crippen LogP contribution in [-0.4, -0.2) is 18.0 Å². The van der Waals surface area contributed by atoms with Gasteiger partial charge < -0.3 is 4.74 Å². The second-order valence-corrected chi connectivity index (χ2v) is 3.65. The molecular weight excluding hydrogens is 250 g/mol. The lowest BCUT2D eigenvalue weighted by Crippen LogP contribution is -2.12. The van der Waals surface area contributed by atoms with Crippen LogP contribution in [-0.2, 0) is 9.53 Å². The molecule has 0 fully saturated rings. The largest absolute Gasteiger partial charge is 0.463 e. The van der Waals surface area contributed by atoms with Crippen LogP contribution >= 0.6 is 11.6 Å². The van der Waals surface area contributed by atoms with E-state index in [4.69, 9.17) is 11.6 Å². The fourth-order valence-electron chi connectivity index (χ4n) is 1.25. The maximum atomic E-state index is 13.2. The number of halogens is 3. The highest BCUT2D eigenvalue weighted by Gasteiger charge is 2.32. The number of rotatable bonds is 4. The van der Waals surface area contributed by atoms with Crippen LogP contribution in [0.5, 0.6) is 0 Å². The molecule has 1 aromatic carbocycles. The van der Waals surface area contributed by atoms with E-state index < -0.39 is 16.9 Å². The van der Waals surface area contributed by atoms with Gasteiger partial charge in [0.2, 0.25) is 0 Å². The predicted molar refractivity (Wildman–Crippen MR) is 61.9 cm³/mol. The predicted octanol–water partition coefficient (Wildman–Crippen LogP) is 3.46. The third-order valence-corrected chi connectivity index (χ3v) is 2.14. The molecule has 92 valence electrons. The van der Waals surface area contributed by atoms with E-state index in [0.29, 0.717) is 6.08 Å². The Bertz CT molecular complexity index is 410. The number of esters is 1. The van der Waals surface area contributed by atoms with Gasteiger partial charge in [0.25, 0.3) is 0 Å². The van der Waals surface area contributed by atoms with Crippen LogP contribution in [0.4, 0.5) is 8.78 Å². The van der Waals surface area contributed by atoms with Crippen molar-refractivity contribution in [3.63, 3.8) is 0 Å². The molecule has 0 saturated carbocycles. The van der Waals surface area contributed by atoms with E-state index in [-0.39, 0.29) is 12.2 Å². The second-order valence-electron chi connectivity index (χ2n) is 3.17. The van der Waals surface area contributed by atoms with Gasteiger partial charge in [0.05, 0.1) is 12.2 Å². The molecule has 17 heavy (non-hydrogen) atoms. The second kappa shape index (κ2) is 5.77. The Labute approximate surface area is 103 Å². The molecule has 1 rings (SSSR count). The fraction of sp³-hybridized carbons (Fsp3) is 0.250. The normalized spacial score (nSPS) is 12.4. The zero-order valence-corrected chi connectivity index (χ0v) is 9.88. The molecular formula is C12H11ClF2O2. The van der Waals surface area contributed by atoms with Crippen molar-refractivity contribution in [2.24, 2.45) is 0 Å². The van der Waals surface area contributed by atoms with E-state index in [1.54, 1.807) is 25.1 Å². The first-order valence-corrected chi connectivity index (χ1v) is 5.34. The number of allylic oxidation sites excluding steroid dienone is 1. The molecule has 5 heteroatoms. The lowest BCUT2D eigenvalue weighted by Gasteiger charge is -2.13. The molecule has 0 saturated heterocycles. The van der Waals surface area contributed by atoms with Gasteiger partial charge in [-0.05, 0) is 24.1 Å². The number of hydrogen-bond donors (Lipinski definition) is 0. The van der Waals surface area contributed by atoms with Gasteiger partial charge in [-0.15, -0.1) is 0 Å². The van der Waals surface area contributed by atoms with Crippen molar-refractivity contribution >= 4 is 23.1 Å². The summed E-state index contributed by atoms with van der Waals surface area (Å²) in [6, 6.07) is 7.73. The first-order chi connectivity index (χ1) is 7.95. The average Bonchev–Trinajstić information content (AvgIpc) is 2.26. The van der Waals surface area contributed by atoms with Gasteiger partial charge in [0, 0.05) is 6.08 Å². The van der Waals surface area contributed by atoms with E-state index in [9.17, 15) is 13.6 Å². The number of benzene rings is 1. The van der Waals surface area contributed by atoms with Gasteiger partial charge in [-0.3, -0.25) is 0 Å². The van der Waals surface area contributed by atoms with Gasteiger partial charge in [0.15, 0.2) is 0 Å². The maximum absolute atomic E-state index is 13.2. The maximum Gasteiger partial charge on any atom is 0.349 e. The minimum atomic E-state index is -3.62. The standard InChI is InChI=1S/C12H11ClF2O2/c1-2-17-11(16)8-10(12(13,14)15)9-6-4-3-5-7-9/h3-8H,2H2,1H3/b10-8+. The van der Waals surface area contributed by atoms with Gasteiger partial charge >= 0.3 is 11.4 Å². The molecule has 1 aromatic rings. The first-order valence-electron chi connectivity index (χ1n) is 4.96. The zero-order valence-electron chi connectivity index (χ0n) is 9.12. The summed E-state index contributed by atoms with van der Waals surface area (Å²) in [6.07, 6.45) is 0.714. The molecule has 0 unspecified atom stereocenters. The molecule has 0 bridgehead atoms. The van der Waals surface area contributed by atoms with Gasteiger partial charge in [-0.2, -0.15) is 8.78 Å². The van der Waals surface area contributed by atoms with Crippen LogP contribution in [0, 0.1) is 0 Å². The van der Waals surface area contributed by atoms with Crippen LogP contribution in [0.2, 0.25) is 0 Å². The zero-order chi connectivity index (χ0) is 12.9. The summed E-state index contributed by atoms with van der Waals surface area (Å²) < 4.78 is 30.9. The molecule has 0 aliphatic heterocycles. The van der Waals surface area contributed by atoms with Gasteiger partial charge in [-0.25, -0.2) is 4.79 Å². The van der Waals surface area contributed by atoms with Gasteiger partial charge in [0.1, 0.15) is 0 Å². The highest BCUT2D eigenvalue weighted by atomic mass is 35.5. The summed E-state index contributed by atoms with van der Waals surface area (Å²) >= 11 is 4.97. The third kappa shape index (κ3) is 4.15. The smallest absolute Gasteiger partial charge is 0.349 e. The highest BCUT2D eigenvalue weighted by molar-refractivity contribution is 6.28. The van der Waals surface area contributed by atoms with Crippen LogP contribution in [0.25, 0.3) is 5.57 Å². The summed E-state index contributed by atoms with van der Waals surface area (Å²) in [5.41, 5.74) is -0.390. The Balaban J connectivity index is 3.10. The number of ether oxygens (including phenoxy) is 1. The van der Waals surface area contributed by atoms with Crippen LogP contribution in [0.15, 0.2) is 36.4 Å². The lowest BCUT2D eigenvalue weighted by molar-refractivity contribution is -0.137. The Kier molecular flexibility index (Phi) is 4.63. The molecule has 0 aromatic heterocycles. The van der Waals surface area contributed by atoms with Crippen LogP contribution < -0.4 is 0 Å². The van der Waals surface area contributed by atoms with E-state index in [0.717, 1.165) is 0 Å². The van der Waals surface area contributed by atoms with E-state index >= 15 is 0 Å². The molecule has 0 amide bonds. The molecule has 0 N–H and O–H groups in total. The molecule has 0 aliphatic rings. The minimum Gasteiger partial charge on any atom is -0.463 e. The van der Waals surface area contributed by atoms with E-state index in [1.165, 1.54) is 12.1 Å². The third-order valence-electron chi connectivity index (χ3n) is 1.94. The van der Waals surface area contributed by atoms with Crippen molar-refractivity contribution < 1.29 is 18.3 Å². The van der Waals surface area contributed by atoms with Crippen molar-refractivity contribution in [3.8, 4) is 0 Å². The van der Waals surface area contributed by atoms with E-state index in [2.05, 4.69) is 4.74 Å². The molecule has 2 nitrogen and oxygen atoms in total. The van der Waals surface area contributed by atoms with E-state index in [1.807, 2.05) is 0 Å². The number of alkyl halides is 3. The average molecular weight is 261 g/mol. The van der Waals surface area contributed by atoms with Crippen molar-refractivity contribution in [1.29, 1.82) is 0 Å². The topological polar surface area (TPSA) is 26.3 Å². The summed E-state index contributed by atoms with van der Waals surface area (Å²) in [7, 11) is 0. The Morgan fingerprint density at radius 2 is 2.00 bits per heavy atom. The minimum absolute atomic E-state index is 0.116. The number of carbonyl (C=O) groups is 1. The van der Waals surface area contributed by atoms with Gasteiger partial charge in [-0.1, -0.05) is 30.3 Å². The lowest BCUT2D eigenvalue weighted by atomic mass is 10.1. The van der Waals surface area contributed by atoms with Crippen LogP contribution in [0.3, 0.4) is 0 Å². The molecule has 0 aliphatic carbocycles. The number of hydrogen-bond acceptors (Lipinski definition) is 2. The van der Waals surface area contributed by atoms with Crippen LogP contribution in [0.1, 0.15) is 12.5 Å². The molecule has 0 atom stereocenters. The summed E-state index contributed by atoms with van der Waals surface area (Å²) in [4.78, 5) is 11.2. The Morgan fingerprint density at radius 3 is 2.47 bits per heavy atom. The molecule has 0 radical (unpaired) electrons. The number of carbonyl (C=O) groups excluding carboxylic acids is 1. The Morgan fingerprint density at radius 1 is 1.41 bits per heavy atom. The summed E-state index contributed by atoms with van der Waals surface area (Å²) in [5, 5.41) is -3.62. The summed E-state index contributed by atoms with van der Waals surface area (Å²) in [6.45, 7) is 1.71. The van der Waals surface area contributed by atoms with Crippen molar-refractivity contribution in [3.05, 3.63) is 42.0 Å². The van der Waals surface area contributed by atoms with Crippen molar-refractivity contribution in [2.45, 2.75) is 12.3 Å². The Hall–Kier alpha value is -1.42. The first kappa shape index (κ1) is 13.6. The molecule has 0 spiro atoms. The quantitative estimate of drug-likeness (QED) is 0.471. The van der Waals surface area contributed by atoms with Crippen molar-refractivity contribution in [2.75, 3.05) is 6.61 Å². The SMILES string of the molecule is CCOC(=O)/C=C(\c1ccccc1)C(F)(F)Cl. The monoisotopic (exact) mass is 260 g/mol.